The standard InChI is InChI=1S/C14H12BrClN6O4/c1-25-8-3-6(7(22(23)24)4-9(8)26-2)5-21-12-10(18-13(21)15)11(16)19-14(17)20-12/h3-4H,5H2,1-2H3,(H2,17,19,20). The number of nitro groups is 1. The first kappa shape index (κ1) is 18.1. The number of hydrogen-bond acceptors (Lipinski definition) is 8. The van der Waals surface area contributed by atoms with E-state index in [1.54, 1.807) is 4.57 Å². The Morgan fingerprint density at radius 2 is 1.92 bits per heavy atom. The molecule has 2 aromatic heterocycles. The van der Waals surface area contributed by atoms with Crippen LogP contribution in [-0.4, -0.2) is 38.7 Å². The molecule has 2 N–H and O–H groups in total. The van der Waals surface area contributed by atoms with Crippen LogP contribution in [0.15, 0.2) is 16.9 Å². The van der Waals surface area contributed by atoms with E-state index in [0.29, 0.717) is 27.2 Å². The molecule has 0 unspecified atom stereocenters. The van der Waals surface area contributed by atoms with E-state index >= 15 is 0 Å². The molecule has 0 fully saturated rings. The lowest BCUT2D eigenvalue weighted by molar-refractivity contribution is -0.385. The summed E-state index contributed by atoms with van der Waals surface area (Å²) in [6.07, 6.45) is 0. The minimum Gasteiger partial charge on any atom is -0.493 e. The van der Waals surface area contributed by atoms with Gasteiger partial charge in [-0.1, -0.05) is 11.6 Å². The summed E-state index contributed by atoms with van der Waals surface area (Å²) >= 11 is 9.36. The van der Waals surface area contributed by atoms with Crippen molar-refractivity contribution in [2.45, 2.75) is 6.54 Å². The maximum Gasteiger partial charge on any atom is 0.278 e. The van der Waals surface area contributed by atoms with Crippen LogP contribution >= 0.6 is 27.5 Å². The third-order valence-corrected chi connectivity index (χ3v) is 4.50. The van der Waals surface area contributed by atoms with Gasteiger partial charge in [-0.3, -0.25) is 14.7 Å². The summed E-state index contributed by atoms with van der Waals surface area (Å²) in [5, 5.41) is 11.6. The number of imidazole rings is 1. The molecule has 0 amide bonds. The van der Waals surface area contributed by atoms with Crippen LogP contribution in [0, 0.1) is 10.1 Å². The van der Waals surface area contributed by atoms with E-state index in [-0.39, 0.29) is 29.1 Å². The van der Waals surface area contributed by atoms with Gasteiger partial charge in [0.1, 0.15) is 5.52 Å². The van der Waals surface area contributed by atoms with Crippen molar-refractivity contribution in [1.29, 1.82) is 0 Å². The van der Waals surface area contributed by atoms with Crippen LogP contribution in [0.5, 0.6) is 11.5 Å². The van der Waals surface area contributed by atoms with Gasteiger partial charge in [-0.05, 0) is 22.0 Å². The lowest BCUT2D eigenvalue weighted by Crippen LogP contribution is -2.06. The van der Waals surface area contributed by atoms with Gasteiger partial charge in [0, 0.05) is 0 Å². The van der Waals surface area contributed by atoms with Crippen molar-refractivity contribution in [1.82, 2.24) is 19.5 Å². The van der Waals surface area contributed by atoms with Crippen molar-refractivity contribution >= 4 is 50.3 Å². The second-order valence-electron chi connectivity index (χ2n) is 5.10. The fourth-order valence-electron chi connectivity index (χ4n) is 2.47. The number of aromatic nitrogens is 4. The molecule has 10 nitrogen and oxygen atoms in total. The van der Waals surface area contributed by atoms with Crippen molar-refractivity contribution in [3.05, 3.63) is 37.7 Å². The van der Waals surface area contributed by atoms with Crippen LogP contribution in [0.1, 0.15) is 5.56 Å². The summed E-state index contributed by atoms with van der Waals surface area (Å²) in [4.78, 5) is 23.2. The number of halogens is 2. The highest BCUT2D eigenvalue weighted by atomic mass is 79.9. The predicted octanol–water partition coefficient (Wildman–Crippen LogP) is 2.80. The molecule has 0 spiro atoms. The molecule has 0 saturated carbocycles. The van der Waals surface area contributed by atoms with Crippen LogP contribution in [0.2, 0.25) is 5.15 Å². The van der Waals surface area contributed by atoms with E-state index < -0.39 is 4.92 Å². The van der Waals surface area contributed by atoms with Gasteiger partial charge in [0.15, 0.2) is 27.0 Å². The van der Waals surface area contributed by atoms with Crippen molar-refractivity contribution in [3.8, 4) is 11.5 Å². The van der Waals surface area contributed by atoms with E-state index in [0.717, 1.165) is 0 Å². The van der Waals surface area contributed by atoms with Crippen molar-refractivity contribution in [2.75, 3.05) is 20.0 Å². The Hall–Kier alpha value is -2.66. The van der Waals surface area contributed by atoms with E-state index in [1.165, 1.54) is 26.4 Å². The van der Waals surface area contributed by atoms with E-state index in [4.69, 9.17) is 26.8 Å². The number of benzene rings is 1. The second kappa shape index (κ2) is 6.92. The second-order valence-corrected chi connectivity index (χ2v) is 6.17. The van der Waals surface area contributed by atoms with Gasteiger partial charge < -0.3 is 15.2 Å². The summed E-state index contributed by atoms with van der Waals surface area (Å²) < 4.78 is 12.3. The highest BCUT2D eigenvalue weighted by molar-refractivity contribution is 9.10. The fraction of sp³-hybridized carbons (Fsp3) is 0.214. The van der Waals surface area contributed by atoms with Gasteiger partial charge in [-0.2, -0.15) is 9.97 Å². The van der Waals surface area contributed by atoms with Crippen molar-refractivity contribution in [3.63, 3.8) is 0 Å². The molecular formula is C14H12BrClN6O4. The Bertz CT molecular complexity index is 1020. The van der Waals surface area contributed by atoms with Gasteiger partial charge >= 0.3 is 0 Å². The molecule has 0 aliphatic carbocycles. The third kappa shape index (κ3) is 3.10. The molecular weight excluding hydrogens is 432 g/mol. The molecule has 0 aliphatic heterocycles. The number of methoxy groups -OCH3 is 2. The van der Waals surface area contributed by atoms with Gasteiger partial charge in [0.25, 0.3) is 5.69 Å². The van der Waals surface area contributed by atoms with Gasteiger partial charge in [-0.15, -0.1) is 0 Å². The minimum absolute atomic E-state index is 0.0297. The van der Waals surface area contributed by atoms with Gasteiger partial charge in [-0.25, -0.2) is 4.98 Å². The average Bonchev–Trinajstić information content (AvgIpc) is 2.90. The van der Waals surface area contributed by atoms with E-state index in [9.17, 15) is 10.1 Å². The number of hydrogen-bond donors (Lipinski definition) is 1. The topological polar surface area (TPSA) is 131 Å². The lowest BCUT2D eigenvalue weighted by Gasteiger charge is -2.12. The third-order valence-electron chi connectivity index (χ3n) is 3.63. The number of anilines is 1. The number of fused-ring (bicyclic) bond motifs is 1. The Kier molecular flexibility index (Phi) is 4.83. The number of ether oxygens (including phenoxy) is 2. The Morgan fingerprint density at radius 1 is 1.27 bits per heavy atom. The molecule has 0 radical (unpaired) electrons. The first-order valence-corrected chi connectivity index (χ1v) is 8.26. The monoisotopic (exact) mass is 442 g/mol. The lowest BCUT2D eigenvalue weighted by atomic mass is 10.1. The molecule has 0 saturated heterocycles. The number of nitro benzene ring substituents is 1. The first-order valence-electron chi connectivity index (χ1n) is 7.09. The van der Waals surface area contributed by atoms with Crippen molar-refractivity contribution in [2.24, 2.45) is 0 Å². The zero-order valence-corrected chi connectivity index (χ0v) is 15.9. The highest BCUT2D eigenvalue weighted by Crippen LogP contribution is 2.36. The highest BCUT2D eigenvalue weighted by Gasteiger charge is 2.22. The Labute approximate surface area is 160 Å². The fourth-order valence-corrected chi connectivity index (χ4v) is 3.16. The Balaban J connectivity index is 2.19. The molecule has 3 rings (SSSR count). The normalized spacial score (nSPS) is 10.9. The summed E-state index contributed by atoms with van der Waals surface area (Å²) in [5.41, 5.74) is 6.55. The first-order chi connectivity index (χ1) is 12.3. The van der Waals surface area contributed by atoms with Crippen LogP contribution in [-0.2, 0) is 6.54 Å². The molecule has 3 aromatic rings. The zero-order chi connectivity index (χ0) is 19.0. The van der Waals surface area contributed by atoms with Crippen LogP contribution in [0.4, 0.5) is 11.6 Å². The maximum atomic E-state index is 11.5. The molecule has 0 aliphatic rings. The smallest absolute Gasteiger partial charge is 0.278 e. The minimum atomic E-state index is -0.499. The number of rotatable bonds is 5. The SMILES string of the molecule is COc1cc(Cn2c(Br)nc3c(Cl)nc(N)nc32)c([N+](=O)[O-])cc1OC. The van der Waals surface area contributed by atoms with E-state index in [2.05, 4.69) is 30.9 Å². The average molecular weight is 444 g/mol. The van der Waals surface area contributed by atoms with Gasteiger partial charge in [0.05, 0.1) is 37.3 Å². The molecule has 26 heavy (non-hydrogen) atoms. The van der Waals surface area contributed by atoms with E-state index in [1.807, 2.05) is 0 Å². The maximum absolute atomic E-state index is 11.5. The molecule has 0 bridgehead atoms. The van der Waals surface area contributed by atoms with Crippen LogP contribution in [0.25, 0.3) is 11.2 Å². The summed E-state index contributed by atoms with van der Waals surface area (Å²) in [5.74, 6) is 0.589. The molecule has 1 aromatic carbocycles. The summed E-state index contributed by atoms with van der Waals surface area (Å²) in [6, 6.07) is 2.83. The zero-order valence-electron chi connectivity index (χ0n) is 13.6. The van der Waals surface area contributed by atoms with Gasteiger partial charge in [0.2, 0.25) is 5.95 Å². The number of nitrogens with two attached hydrogens (primary N) is 1. The van der Waals surface area contributed by atoms with Crippen molar-refractivity contribution < 1.29 is 14.4 Å². The molecule has 2 heterocycles. The summed E-state index contributed by atoms with van der Waals surface area (Å²) in [7, 11) is 2.85. The number of nitrogens with zero attached hydrogens (tertiary/aromatic N) is 5. The quantitative estimate of drug-likeness (QED) is 0.275. The summed E-state index contributed by atoms with van der Waals surface area (Å²) in [6.45, 7) is 0.0700. The molecule has 12 heteroatoms. The predicted molar refractivity (Wildman–Crippen MR) is 97.7 cm³/mol. The molecule has 136 valence electrons. The largest absolute Gasteiger partial charge is 0.493 e. The number of nitrogen functional groups attached to an aromatic ring is 1. The molecule has 0 atom stereocenters. The Morgan fingerprint density at radius 3 is 2.54 bits per heavy atom. The van der Waals surface area contributed by atoms with Crippen LogP contribution in [0.3, 0.4) is 0 Å². The van der Waals surface area contributed by atoms with Crippen LogP contribution < -0.4 is 15.2 Å².